The number of hydrogen-bond acceptors (Lipinski definition) is 3. The standard InChI is InChI=1S/C22H29BrFN3O2Si/c1-5-9-22(10-8-20(28)26-22)21-25-14-19(17-7-6-16(23)13-18(17)24)27(21)15-29-11-12-30(2,3)4/h5-7,13-14H,1,8-12,15H2,2-4H3,(H,26,28). The van der Waals surface area contributed by atoms with E-state index in [1.165, 1.54) is 6.07 Å². The third kappa shape index (κ3) is 5.10. The number of halogens is 2. The number of carbonyl (C=O) groups is 1. The van der Waals surface area contributed by atoms with E-state index in [4.69, 9.17) is 4.74 Å². The van der Waals surface area contributed by atoms with Crippen LogP contribution in [0.5, 0.6) is 0 Å². The second-order valence-corrected chi connectivity index (χ2v) is 15.5. The second-order valence-electron chi connectivity index (χ2n) is 8.99. The molecule has 1 N–H and O–H groups in total. The van der Waals surface area contributed by atoms with Gasteiger partial charge in [-0.25, -0.2) is 9.37 Å². The summed E-state index contributed by atoms with van der Waals surface area (Å²) in [6.45, 7) is 11.6. The fraction of sp³-hybridized carbons (Fsp3) is 0.455. The molecule has 1 amide bonds. The predicted molar refractivity (Wildman–Crippen MR) is 123 cm³/mol. The number of rotatable bonds is 9. The SMILES string of the molecule is C=CCC1(c2ncc(-c3ccc(Br)cc3F)n2COCC[Si](C)(C)C)CCC(=O)N1. The molecule has 0 bridgehead atoms. The smallest absolute Gasteiger partial charge is 0.220 e. The van der Waals surface area contributed by atoms with Crippen LogP contribution in [0.2, 0.25) is 25.7 Å². The van der Waals surface area contributed by atoms with Gasteiger partial charge < -0.3 is 14.6 Å². The van der Waals surface area contributed by atoms with Crippen molar-refractivity contribution in [3.05, 3.63) is 53.2 Å². The lowest BCUT2D eigenvalue weighted by Crippen LogP contribution is -2.41. The molecule has 1 atom stereocenters. The summed E-state index contributed by atoms with van der Waals surface area (Å²) in [5.74, 6) is 0.327. The molecule has 0 saturated carbocycles. The first-order valence-corrected chi connectivity index (χ1v) is 14.7. The minimum atomic E-state index is -1.23. The summed E-state index contributed by atoms with van der Waals surface area (Å²) in [5.41, 5.74) is 0.432. The Bertz CT molecular complexity index is 941. The lowest BCUT2D eigenvalue weighted by molar-refractivity contribution is -0.119. The van der Waals surface area contributed by atoms with Gasteiger partial charge in [0.15, 0.2) is 0 Å². The van der Waals surface area contributed by atoms with E-state index in [9.17, 15) is 9.18 Å². The summed E-state index contributed by atoms with van der Waals surface area (Å²) in [7, 11) is -1.23. The topological polar surface area (TPSA) is 56.2 Å². The van der Waals surface area contributed by atoms with Gasteiger partial charge in [-0.15, -0.1) is 6.58 Å². The molecule has 2 aromatic rings. The van der Waals surface area contributed by atoms with E-state index in [1.807, 2.05) is 4.57 Å². The van der Waals surface area contributed by atoms with Crippen LogP contribution in [0, 0.1) is 5.82 Å². The van der Waals surface area contributed by atoms with E-state index in [0.717, 1.165) is 6.04 Å². The molecule has 1 fully saturated rings. The molecule has 0 aliphatic carbocycles. The summed E-state index contributed by atoms with van der Waals surface area (Å²) in [6, 6.07) is 6.01. The third-order valence-corrected chi connectivity index (χ3v) is 7.56. The lowest BCUT2D eigenvalue weighted by Gasteiger charge is -2.29. The van der Waals surface area contributed by atoms with Gasteiger partial charge in [0.25, 0.3) is 0 Å². The van der Waals surface area contributed by atoms with Gasteiger partial charge in [0.2, 0.25) is 5.91 Å². The van der Waals surface area contributed by atoms with Gasteiger partial charge in [0, 0.05) is 31.1 Å². The number of nitrogens with zero attached hydrogens (tertiary/aromatic N) is 2. The Labute approximate surface area is 186 Å². The number of amides is 1. The van der Waals surface area contributed by atoms with Crippen molar-refractivity contribution in [2.45, 2.75) is 57.2 Å². The molecule has 1 aromatic heterocycles. The molecule has 8 heteroatoms. The maximum absolute atomic E-state index is 14.8. The van der Waals surface area contributed by atoms with Gasteiger partial charge in [0.05, 0.1) is 11.9 Å². The Balaban J connectivity index is 2.01. The summed E-state index contributed by atoms with van der Waals surface area (Å²) in [6.07, 6.45) is 5.05. The minimum Gasteiger partial charge on any atom is -0.361 e. The number of imidazole rings is 1. The van der Waals surface area contributed by atoms with Crippen LogP contribution in [0.4, 0.5) is 4.39 Å². The molecular weight excluding hydrogens is 465 g/mol. The van der Waals surface area contributed by atoms with Crippen LogP contribution in [0.3, 0.4) is 0 Å². The molecule has 30 heavy (non-hydrogen) atoms. The molecule has 1 saturated heterocycles. The van der Waals surface area contributed by atoms with Crippen LogP contribution in [-0.4, -0.2) is 30.1 Å². The molecule has 1 aromatic carbocycles. The Morgan fingerprint density at radius 2 is 2.20 bits per heavy atom. The number of nitrogens with one attached hydrogen (secondary N) is 1. The Hall–Kier alpha value is -1.77. The minimum absolute atomic E-state index is 0.0116. The van der Waals surface area contributed by atoms with Crippen LogP contribution in [0.1, 0.15) is 25.1 Å². The first-order chi connectivity index (χ1) is 14.1. The Kier molecular flexibility index (Phi) is 6.99. The van der Waals surface area contributed by atoms with Gasteiger partial charge in [0.1, 0.15) is 23.9 Å². The monoisotopic (exact) mass is 493 g/mol. The van der Waals surface area contributed by atoms with Crippen molar-refractivity contribution in [3.63, 3.8) is 0 Å². The fourth-order valence-electron chi connectivity index (χ4n) is 3.71. The molecule has 1 aliphatic rings. The van der Waals surface area contributed by atoms with E-state index in [2.05, 4.69) is 52.5 Å². The van der Waals surface area contributed by atoms with Crippen molar-refractivity contribution in [3.8, 4) is 11.3 Å². The van der Waals surface area contributed by atoms with Crippen molar-refractivity contribution in [2.75, 3.05) is 6.61 Å². The highest BCUT2D eigenvalue weighted by Gasteiger charge is 2.42. The number of benzene rings is 1. The summed E-state index contributed by atoms with van der Waals surface area (Å²) >= 11 is 3.31. The van der Waals surface area contributed by atoms with Crippen molar-refractivity contribution in [2.24, 2.45) is 0 Å². The maximum atomic E-state index is 14.8. The average molecular weight is 494 g/mol. The Morgan fingerprint density at radius 1 is 1.43 bits per heavy atom. The van der Waals surface area contributed by atoms with Gasteiger partial charge >= 0.3 is 0 Å². The van der Waals surface area contributed by atoms with Crippen molar-refractivity contribution in [1.29, 1.82) is 0 Å². The lowest BCUT2D eigenvalue weighted by atomic mass is 9.92. The van der Waals surface area contributed by atoms with Crippen molar-refractivity contribution < 1.29 is 13.9 Å². The molecule has 2 heterocycles. The van der Waals surface area contributed by atoms with E-state index >= 15 is 0 Å². The first-order valence-electron chi connectivity index (χ1n) is 10.2. The predicted octanol–water partition coefficient (Wildman–Crippen LogP) is 5.45. The van der Waals surface area contributed by atoms with Crippen molar-refractivity contribution in [1.82, 2.24) is 14.9 Å². The molecule has 0 radical (unpaired) electrons. The highest BCUT2D eigenvalue weighted by atomic mass is 79.9. The summed E-state index contributed by atoms with van der Waals surface area (Å²) in [4.78, 5) is 16.7. The van der Waals surface area contributed by atoms with E-state index in [0.29, 0.717) is 47.4 Å². The van der Waals surface area contributed by atoms with Crippen LogP contribution in [0.25, 0.3) is 11.3 Å². The average Bonchev–Trinajstić information content (AvgIpc) is 3.23. The second kappa shape index (κ2) is 9.16. The van der Waals surface area contributed by atoms with Gasteiger partial charge in [-0.1, -0.05) is 41.6 Å². The zero-order valence-corrected chi connectivity index (χ0v) is 20.4. The number of hydrogen-bond donors (Lipinski definition) is 1. The molecular formula is C22H29BrFN3O2Si. The van der Waals surface area contributed by atoms with Gasteiger partial charge in [-0.2, -0.15) is 0 Å². The van der Waals surface area contributed by atoms with Crippen molar-refractivity contribution >= 4 is 29.9 Å². The zero-order valence-electron chi connectivity index (χ0n) is 17.8. The molecule has 162 valence electrons. The normalized spacial score (nSPS) is 19.2. The van der Waals surface area contributed by atoms with E-state index < -0.39 is 13.6 Å². The molecule has 3 rings (SSSR count). The van der Waals surface area contributed by atoms with Crippen LogP contribution in [-0.2, 0) is 21.8 Å². The van der Waals surface area contributed by atoms with Crippen LogP contribution >= 0.6 is 15.9 Å². The Morgan fingerprint density at radius 3 is 2.80 bits per heavy atom. The highest BCUT2D eigenvalue weighted by molar-refractivity contribution is 9.10. The number of ether oxygens (including phenoxy) is 1. The van der Waals surface area contributed by atoms with E-state index in [-0.39, 0.29) is 18.5 Å². The summed E-state index contributed by atoms with van der Waals surface area (Å²) < 4.78 is 23.3. The van der Waals surface area contributed by atoms with E-state index in [1.54, 1.807) is 24.4 Å². The fourth-order valence-corrected chi connectivity index (χ4v) is 4.80. The first kappa shape index (κ1) is 22.9. The van der Waals surface area contributed by atoms with Gasteiger partial charge in [-0.05, 0) is 37.1 Å². The summed E-state index contributed by atoms with van der Waals surface area (Å²) in [5, 5.41) is 3.08. The van der Waals surface area contributed by atoms with Crippen LogP contribution in [0.15, 0.2) is 41.5 Å². The maximum Gasteiger partial charge on any atom is 0.220 e. The van der Waals surface area contributed by atoms with Gasteiger partial charge in [-0.3, -0.25) is 4.79 Å². The molecule has 1 aliphatic heterocycles. The van der Waals surface area contributed by atoms with Crippen LogP contribution < -0.4 is 5.32 Å². The molecule has 5 nitrogen and oxygen atoms in total. The largest absolute Gasteiger partial charge is 0.361 e. The molecule has 1 unspecified atom stereocenters. The third-order valence-electron chi connectivity index (χ3n) is 5.36. The highest BCUT2D eigenvalue weighted by Crippen LogP contribution is 2.37. The number of aromatic nitrogens is 2. The molecule has 0 spiro atoms. The quantitative estimate of drug-likeness (QED) is 0.287. The zero-order chi connectivity index (χ0) is 21.9. The number of carbonyl (C=O) groups excluding carboxylic acids is 1.